The first-order valence-corrected chi connectivity index (χ1v) is 8.57. The Bertz CT molecular complexity index is 491. The topological polar surface area (TPSA) is 58.2 Å². The molecule has 0 spiro atoms. The molecule has 0 saturated carbocycles. The van der Waals surface area contributed by atoms with Crippen molar-refractivity contribution in [3.05, 3.63) is 24.3 Å². The summed E-state index contributed by atoms with van der Waals surface area (Å²) >= 11 is 0. The molecule has 1 saturated heterocycles. The maximum atomic E-state index is 11.7. The van der Waals surface area contributed by atoms with Crippen LogP contribution in [0.15, 0.2) is 29.2 Å². The molecule has 0 aliphatic carbocycles. The van der Waals surface area contributed by atoms with Crippen molar-refractivity contribution in [1.82, 2.24) is 5.32 Å². The molecule has 2 rings (SSSR count). The van der Waals surface area contributed by atoms with Crippen LogP contribution >= 0.6 is 0 Å². The van der Waals surface area contributed by atoms with Gasteiger partial charge in [-0.15, -0.1) is 0 Å². The highest BCUT2D eigenvalue weighted by atomic mass is 32.2. The monoisotopic (exact) mass is 282 g/mol. The molecule has 0 unspecified atom stereocenters. The maximum Gasteiger partial charge on any atom is 0.178 e. The molecule has 0 aromatic heterocycles. The zero-order valence-electron chi connectivity index (χ0n) is 11.4. The van der Waals surface area contributed by atoms with Gasteiger partial charge in [-0.05, 0) is 50.1 Å². The average Bonchev–Trinajstić information content (AvgIpc) is 2.92. The Morgan fingerprint density at radius 3 is 2.63 bits per heavy atom. The van der Waals surface area contributed by atoms with Crippen LogP contribution in [0.1, 0.15) is 26.2 Å². The Hall–Kier alpha value is -1.07. The van der Waals surface area contributed by atoms with Gasteiger partial charge in [0.1, 0.15) is 0 Å². The SMILES string of the molecule is CCS(=O)(=O)c1ccc(NCC[C@@H]2CCCN2)cc1. The van der Waals surface area contributed by atoms with Gasteiger partial charge in [-0.3, -0.25) is 0 Å². The van der Waals surface area contributed by atoms with Crippen molar-refractivity contribution in [2.75, 3.05) is 24.2 Å². The highest BCUT2D eigenvalue weighted by molar-refractivity contribution is 7.91. The second-order valence-corrected chi connectivity index (χ2v) is 7.21. The van der Waals surface area contributed by atoms with Crippen molar-refractivity contribution in [2.45, 2.75) is 37.1 Å². The molecule has 1 heterocycles. The highest BCUT2D eigenvalue weighted by Crippen LogP contribution is 2.16. The van der Waals surface area contributed by atoms with Gasteiger partial charge in [0.15, 0.2) is 9.84 Å². The minimum atomic E-state index is -3.09. The van der Waals surface area contributed by atoms with Crippen LogP contribution < -0.4 is 10.6 Å². The molecule has 5 heteroatoms. The molecule has 0 radical (unpaired) electrons. The molecule has 0 bridgehead atoms. The van der Waals surface area contributed by atoms with Gasteiger partial charge in [-0.25, -0.2) is 8.42 Å². The minimum Gasteiger partial charge on any atom is -0.385 e. The molecule has 1 aliphatic rings. The van der Waals surface area contributed by atoms with Crippen LogP contribution in [0.4, 0.5) is 5.69 Å². The van der Waals surface area contributed by atoms with E-state index in [4.69, 9.17) is 0 Å². The molecule has 0 amide bonds. The Balaban J connectivity index is 1.85. The molecule has 1 aromatic carbocycles. The summed E-state index contributed by atoms with van der Waals surface area (Å²) in [6.07, 6.45) is 3.64. The summed E-state index contributed by atoms with van der Waals surface area (Å²) < 4.78 is 23.3. The van der Waals surface area contributed by atoms with Gasteiger partial charge >= 0.3 is 0 Å². The number of hydrogen-bond donors (Lipinski definition) is 2. The van der Waals surface area contributed by atoms with Crippen LogP contribution in [0.2, 0.25) is 0 Å². The number of nitrogens with one attached hydrogen (secondary N) is 2. The average molecular weight is 282 g/mol. The van der Waals surface area contributed by atoms with E-state index >= 15 is 0 Å². The maximum absolute atomic E-state index is 11.7. The first-order valence-electron chi connectivity index (χ1n) is 6.92. The third-order valence-corrected chi connectivity index (χ3v) is 5.33. The van der Waals surface area contributed by atoms with E-state index in [1.807, 2.05) is 12.1 Å². The number of anilines is 1. The number of hydrogen-bond acceptors (Lipinski definition) is 4. The number of rotatable bonds is 6. The summed E-state index contributed by atoms with van der Waals surface area (Å²) in [5.74, 6) is 0.146. The van der Waals surface area contributed by atoms with E-state index in [0.717, 1.165) is 25.2 Å². The van der Waals surface area contributed by atoms with E-state index in [2.05, 4.69) is 10.6 Å². The molecule has 1 fully saturated rings. The van der Waals surface area contributed by atoms with Gasteiger partial charge in [-0.2, -0.15) is 0 Å². The molecule has 1 atom stereocenters. The summed E-state index contributed by atoms with van der Waals surface area (Å²) in [6, 6.07) is 7.66. The standard InChI is InChI=1S/C14H22N2O2S/c1-2-19(17,18)14-7-5-13(6-8-14)16-11-9-12-4-3-10-15-12/h5-8,12,15-16H,2-4,9-11H2,1H3/t12-/m0/s1. The quantitative estimate of drug-likeness (QED) is 0.838. The Morgan fingerprint density at radius 1 is 1.32 bits per heavy atom. The Morgan fingerprint density at radius 2 is 2.05 bits per heavy atom. The van der Waals surface area contributed by atoms with Gasteiger partial charge in [-0.1, -0.05) is 6.92 Å². The molecule has 106 valence electrons. The molecule has 1 aromatic rings. The smallest absolute Gasteiger partial charge is 0.178 e. The summed E-state index contributed by atoms with van der Waals surface area (Å²) in [5.41, 5.74) is 0.980. The van der Waals surface area contributed by atoms with Gasteiger partial charge in [0, 0.05) is 18.3 Å². The first-order chi connectivity index (χ1) is 9.12. The highest BCUT2D eigenvalue weighted by Gasteiger charge is 2.13. The lowest BCUT2D eigenvalue weighted by Gasteiger charge is -2.12. The molecule has 1 aliphatic heterocycles. The molecule has 19 heavy (non-hydrogen) atoms. The van der Waals surface area contributed by atoms with E-state index in [1.54, 1.807) is 19.1 Å². The van der Waals surface area contributed by atoms with Crippen molar-refractivity contribution in [1.29, 1.82) is 0 Å². The van der Waals surface area contributed by atoms with Gasteiger partial charge in [0.05, 0.1) is 10.6 Å². The lowest BCUT2D eigenvalue weighted by atomic mass is 10.1. The number of benzene rings is 1. The van der Waals surface area contributed by atoms with Crippen molar-refractivity contribution < 1.29 is 8.42 Å². The summed E-state index contributed by atoms with van der Waals surface area (Å²) in [7, 11) is -3.09. The van der Waals surface area contributed by atoms with Crippen LogP contribution in [0, 0.1) is 0 Å². The van der Waals surface area contributed by atoms with Crippen LogP contribution in [0.5, 0.6) is 0 Å². The normalized spacial score (nSPS) is 19.5. The predicted molar refractivity (Wildman–Crippen MR) is 78.3 cm³/mol. The van der Waals surface area contributed by atoms with E-state index < -0.39 is 9.84 Å². The van der Waals surface area contributed by atoms with Crippen LogP contribution in [0.25, 0.3) is 0 Å². The fourth-order valence-electron chi connectivity index (χ4n) is 2.34. The summed E-state index contributed by atoms with van der Waals surface area (Å²) in [6.45, 7) is 3.71. The van der Waals surface area contributed by atoms with Crippen molar-refractivity contribution in [2.24, 2.45) is 0 Å². The molecule has 4 nitrogen and oxygen atoms in total. The lowest BCUT2D eigenvalue weighted by Crippen LogP contribution is -2.24. The molecular formula is C14H22N2O2S. The van der Waals surface area contributed by atoms with Crippen molar-refractivity contribution in [3.63, 3.8) is 0 Å². The van der Waals surface area contributed by atoms with E-state index in [1.165, 1.54) is 12.8 Å². The second kappa shape index (κ2) is 6.39. The summed E-state index contributed by atoms with van der Waals surface area (Å²) in [4.78, 5) is 0.401. The molecule has 2 N–H and O–H groups in total. The fourth-order valence-corrected chi connectivity index (χ4v) is 3.22. The van der Waals surface area contributed by atoms with Gasteiger partial charge < -0.3 is 10.6 Å². The van der Waals surface area contributed by atoms with Gasteiger partial charge in [0.2, 0.25) is 0 Å². The first kappa shape index (κ1) is 14.3. The van der Waals surface area contributed by atoms with Crippen molar-refractivity contribution in [3.8, 4) is 0 Å². The third kappa shape index (κ3) is 3.94. The lowest BCUT2D eigenvalue weighted by molar-refractivity contribution is 0.574. The van der Waals surface area contributed by atoms with E-state index in [-0.39, 0.29) is 5.75 Å². The minimum absolute atomic E-state index is 0.146. The summed E-state index contributed by atoms with van der Waals surface area (Å²) in [5, 5.41) is 6.79. The van der Waals surface area contributed by atoms with Crippen LogP contribution in [0.3, 0.4) is 0 Å². The second-order valence-electron chi connectivity index (χ2n) is 4.94. The van der Waals surface area contributed by atoms with E-state index in [9.17, 15) is 8.42 Å². The Labute approximate surface area is 115 Å². The van der Waals surface area contributed by atoms with Crippen molar-refractivity contribution >= 4 is 15.5 Å². The van der Waals surface area contributed by atoms with Gasteiger partial charge in [0.25, 0.3) is 0 Å². The van der Waals surface area contributed by atoms with E-state index in [0.29, 0.717) is 10.9 Å². The van der Waals surface area contributed by atoms with Crippen LogP contribution in [-0.2, 0) is 9.84 Å². The fraction of sp³-hybridized carbons (Fsp3) is 0.571. The largest absolute Gasteiger partial charge is 0.385 e. The zero-order valence-corrected chi connectivity index (χ0v) is 12.2. The zero-order chi connectivity index (χ0) is 13.7. The van der Waals surface area contributed by atoms with Crippen LogP contribution in [-0.4, -0.2) is 33.3 Å². The third-order valence-electron chi connectivity index (χ3n) is 3.58. The Kier molecular flexibility index (Phi) is 4.82. The molecular weight excluding hydrogens is 260 g/mol. The number of sulfone groups is 1. The predicted octanol–water partition coefficient (Wildman–Crippen LogP) is 2.03.